The van der Waals surface area contributed by atoms with Gasteiger partial charge in [0.25, 0.3) is 0 Å². The van der Waals surface area contributed by atoms with E-state index in [1.54, 1.807) is 0 Å². The Morgan fingerprint density at radius 2 is 2.12 bits per heavy atom. The number of carboxylic acids is 1. The van der Waals surface area contributed by atoms with E-state index in [1.807, 2.05) is 18.2 Å². The molecule has 2 aliphatic heterocycles. The van der Waals surface area contributed by atoms with E-state index in [0.29, 0.717) is 26.4 Å². The van der Waals surface area contributed by atoms with Gasteiger partial charge in [-0.05, 0) is 25.3 Å². The van der Waals surface area contributed by atoms with Crippen molar-refractivity contribution in [2.75, 3.05) is 32.9 Å². The van der Waals surface area contributed by atoms with Crippen LogP contribution in [0.25, 0.3) is 0 Å². The summed E-state index contributed by atoms with van der Waals surface area (Å²) in [6.45, 7) is 6.33. The van der Waals surface area contributed by atoms with E-state index >= 15 is 0 Å². The minimum Gasteiger partial charge on any atom is -0.493 e. The van der Waals surface area contributed by atoms with Crippen LogP contribution >= 0.6 is 0 Å². The number of rotatable bonds is 6. The molecule has 0 saturated carbocycles. The van der Waals surface area contributed by atoms with Crippen LogP contribution in [0.2, 0.25) is 0 Å². The highest BCUT2D eigenvalue weighted by Crippen LogP contribution is 2.45. The maximum atomic E-state index is 11.8. The van der Waals surface area contributed by atoms with Crippen LogP contribution in [-0.2, 0) is 16.1 Å². The highest BCUT2D eigenvalue weighted by atomic mass is 16.5. The highest BCUT2D eigenvalue weighted by molar-refractivity contribution is 5.72. The number of carboxylic acid groups (broad SMARTS) is 1. The Labute approximate surface area is 143 Å². The van der Waals surface area contributed by atoms with Crippen molar-refractivity contribution in [2.45, 2.75) is 32.7 Å². The van der Waals surface area contributed by atoms with Crippen LogP contribution < -0.4 is 4.74 Å². The zero-order valence-corrected chi connectivity index (χ0v) is 14.4. The molecular formula is C19H27NO4. The predicted octanol–water partition coefficient (Wildman–Crippen LogP) is 2.79. The second kappa shape index (κ2) is 7.53. The molecule has 0 aromatic heterocycles. The van der Waals surface area contributed by atoms with Gasteiger partial charge in [-0.15, -0.1) is 0 Å². The zero-order valence-electron chi connectivity index (χ0n) is 14.4. The summed E-state index contributed by atoms with van der Waals surface area (Å²) in [7, 11) is 0. The molecule has 5 heteroatoms. The van der Waals surface area contributed by atoms with Crippen molar-refractivity contribution in [3.63, 3.8) is 0 Å². The number of likely N-dealkylation sites (tertiary alicyclic amines) is 1. The molecule has 3 rings (SSSR count). The monoisotopic (exact) mass is 333 g/mol. The fourth-order valence-electron chi connectivity index (χ4n) is 4.05. The van der Waals surface area contributed by atoms with Crippen molar-refractivity contribution in [3.05, 3.63) is 29.8 Å². The maximum absolute atomic E-state index is 11.8. The SMILES string of the molecule is CCCOc1ccccc1CN1CC(C(=O)O)C2(CCOCC2)C1. The Kier molecular flexibility index (Phi) is 5.41. The van der Waals surface area contributed by atoms with Gasteiger partial charge in [-0.1, -0.05) is 25.1 Å². The lowest BCUT2D eigenvalue weighted by Crippen LogP contribution is -2.40. The largest absolute Gasteiger partial charge is 0.493 e. The number of aliphatic carboxylic acids is 1. The van der Waals surface area contributed by atoms with Gasteiger partial charge in [-0.2, -0.15) is 0 Å². The van der Waals surface area contributed by atoms with Crippen molar-refractivity contribution < 1.29 is 19.4 Å². The molecule has 1 unspecified atom stereocenters. The van der Waals surface area contributed by atoms with Crippen molar-refractivity contribution in [2.24, 2.45) is 11.3 Å². The molecule has 0 radical (unpaired) electrons. The Morgan fingerprint density at radius 3 is 2.83 bits per heavy atom. The Hall–Kier alpha value is -1.59. The van der Waals surface area contributed by atoms with Crippen LogP contribution in [0.3, 0.4) is 0 Å². The number of ether oxygens (including phenoxy) is 2. The average Bonchev–Trinajstić information content (AvgIpc) is 2.92. The number of hydrogen-bond donors (Lipinski definition) is 1. The van der Waals surface area contributed by atoms with Crippen LogP contribution in [0.5, 0.6) is 5.75 Å². The van der Waals surface area contributed by atoms with Gasteiger partial charge in [-0.25, -0.2) is 0 Å². The molecule has 0 aliphatic carbocycles. The van der Waals surface area contributed by atoms with Gasteiger partial charge in [0.2, 0.25) is 0 Å². The van der Waals surface area contributed by atoms with E-state index in [0.717, 1.165) is 43.7 Å². The quantitative estimate of drug-likeness (QED) is 0.867. The average molecular weight is 333 g/mol. The van der Waals surface area contributed by atoms with E-state index in [4.69, 9.17) is 9.47 Å². The first-order valence-corrected chi connectivity index (χ1v) is 8.88. The Bertz CT molecular complexity index is 568. The van der Waals surface area contributed by atoms with Crippen molar-refractivity contribution in [1.82, 2.24) is 4.90 Å². The first kappa shape index (κ1) is 17.2. The fraction of sp³-hybridized carbons (Fsp3) is 0.632. The van der Waals surface area contributed by atoms with Crippen LogP contribution in [-0.4, -0.2) is 48.9 Å². The van der Waals surface area contributed by atoms with E-state index in [-0.39, 0.29) is 11.3 Å². The second-order valence-electron chi connectivity index (χ2n) is 6.99. The third kappa shape index (κ3) is 3.57. The zero-order chi connectivity index (χ0) is 17.0. The Morgan fingerprint density at radius 1 is 1.38 bits per heavy atom. The van der Waals surface area contributed by atoms with Crippen LogP contribution in [0, 0.1) is 11.3 Å². The standard InChI is InChI=1S/C19H27NO4/c1-2-9-24-17-6-4-3-5-15(17)12-20-13-16(18(21)22)19(14-20)7-10-23-11-8-19/h3-6,16H,2,7-14H2,1H3,(H,21,22). The minimum absolute atomic E-state index is 0.136. The van der Waals surface area contributed by atoms with Gasteiger partial charge in [0.1, 0.15) is 5.75 Å². The summed E-state index contributed by atoms with van der Waals surface area (Å²) in [5.74, 6) is -0.0563. The third-order valence-corrected chi connectivity index (χ3v) is 5.33. The maximum Gasteiger partial charge on any atom is 0.308 e. The smallest absolute Gasteiger partial charge is 0.308 e. The van der Waals surface area contributed by atoms with E-state index in [9.17, 15) is 9.90 Å². The van der Waals surface area contributed by atoms with Crippen LogP contribution in [0.15, 0.2) is 24.3 Å². The number of nitrogens with zero attached hydrogens (tertiary/aromatic N) is 1. The van der Waals surface area contributed by atoms with Crippen molar-refractivity contribution in [3.8, 4) is 5.75 Å². The normalized spacial score (nSPS) is 23.5. The molecule has 24 heavy (non-hydrogen) atoms. The molecule has 0 amide bonds. The highest BCUT2D eigenvalue weighted by Gasteiger charge is 2.50. The third-order valence-electron chi connectivity index (χ3n) is 5.33. The van der Waals surface area contributed by atoms with E-state index in [2.05, 4.69) is 17.9 Å². The summed E-state index contributed by atoms with van der Waals surface area (Å²) in [6, 6.07) is 8.08. The second-order valence-corrected chi connectivity index (χ2v) is 6.99. The summed E-state index contributed by atoms with van der Waals surface area (Å²) < 4.78 is 11.3. The molecule has 5 nitrogen and oxygen atoms in total. The lowest BCUT2D eigenvalue weighted by Gasteiger charge is -2.36. The summed E-state index contributed by atoms with van der Waals surface area (Å²) in [6.07, 6.45) is 2.66. The van der Waals surface area contributed by atoms with Gasteiger partial charge in [-0.3, -0.25) is 9.69 Å². The lowest BCUT2D eigenvalue weighted by molar-refractivity contribution is -0.146. The number of benzene rings is 1. The van der Waals surface area contributed by atoms with Crippen molar-refractivity contribution >= 4 is 5.97 Å². The molecule has 2 heterocycles. The number of hydrogen-bond acceptors (Lipinski definition) is 4. The molecule has 0 bridgehead atoms. The molecule has 1 N–H and O–H groups in total. The first-order valence-electron chi connectivity index (χ1n) is 8.88. The summed E-state index contributed by atoms with van der Waals surface area (Å²) in [5.41, 5.74) is 1.00. The van der Waals surface area contributed by atoms with Crippen LogP contribution in [0.4, 0.5) is 0 Å². The molecule has 1 aromatic carbocycles. The molecule has 1 atom stereocenters. The molecule has 132 valence electrons. The summed E-state index contributed by atoms with van der Waals surface area (Å²) in [4.78, 5) is 14.1. The molecule has 2 fully saturated rings. The van der Waals surface area contributed by atoms with Crippen LogP contribution in [0.1, 0.15) is 31.7 Å². The lowest BCUT2D eigenvalue weighted by atomic mass is 9.72. The van der Waals surface area contributed by atoms with Gasteiger partial charge in [0.05, 0.1) is 12.5 Å². The molecule has 2 aliphatic rings. The number of para-hydroxylation sites is 1. The number of carbonyl (C=O) groups is 1. The molecular weight excluding hydrogens is 306 g/mol. The first-order chi connectivity index (χ1) is 11.6. The molecule has 1 spiro atoms. The predicted molar refractivity (Wildman–Crippen MR) is 91.1 cm³/mol. The van der Waals surface area contributed by atoms with Gasteiger partial charge in [0.15, 0.2) is 0 Å². The summed E-state index contributed by atoms with van der Waals surface area (Å²) >= 11 is 0. The van der Waals surface area contributed by atoms with Crippen molar-refractivity contribution in [1.29, 1.82) is 0 Å². The molecule has 1 aromatic rings. The Balaban J connectivity index is 1.73. The van der Waals surface area contributed by atoms with Gasteiger partial charge < -0.3 is 14.6 Å². The summed E-state index contributed by atoms with van der Waals surface area (Å²) in [5, 5.41) is 9.69. The van der Waals surface area contributed by atoms with E-state index in [1.165, 1.54) is 0 Å². The molecule has 2 saturated heterocycles. The van der Waals surface area contributed by atoms with Gasteiger partial charge in [0, 0.05) is 43.8 Å². The van der Waals surface area contributed by atoms with E-state index < -0.39 is 5.97 Å². The fourth-order valence-corrected chi connectivity index (χ4v) is 4.05. The topological polar surface area (TPSA) is 59.0 Å². The van der Waals surface area contributed by atoms with Gasteiger partial charge >= 0.3 is 5.97 Å². The minimum atomic E-state index is -0.671.